The quantitative estimate of drug-likeness (QED) is 0.141. The van der Waals surface area contributed by atoms with Gasteiger partial charge in [0.05, 0.1) is 4.92 Å². The summed E-state index contributed by atoms with van der Waals surface area (Å²) in [6.45, 7) is 4.05. The SMILES string of the molecule is CC(=O)OC[C@H]1O[C@H](Oc2ccc([N+](=O)[O-])cc2CBr)[C@H](OC(C)=O)[C@@H](OC(C)=O)[C@@H]1OC(C)=O. The van der Waals surface area contributed by atoms with Gasteiger partial charge in [-0.15, -0.1) is 0 Å². The van der Waals surface area contributed by atoms with Crippen LogP contribution in [0.4, 0.5) is 5.69 Å². The molecule has 0 saturated carbocycles. The Morgan fingerprint density at radius 1 is 0.943 bits per heavy atom. The summed E-state index contributed by atoms with van der Waals surface area (Å²) in [7, 11) is 0. The minimum atomic E-state index is -1.45. The average Bonchev–Trinajstić information content (AvgIpc) is 2.75. The zero-order valence-corrected chi connectivity index (χ0v) is 20.8. The van der Waals surface area contributed by atoms with Crippen molar-refractivity contribution in [2.75, 3.05) is 6.61 Å². The molecule has 1 aromatic rings. The third kappa shape index (κ3) is 7.89. The smallest absolute Gasteiger partial charge is 0.303 e. The van der Waals surface area contributed by atoms with E-state index in [4.69, 9.17) is 28.4 Å². The maximum atomic E-state index is 11.9. The van der Waals surface area contributed by atoms with Crippen LogP contribution in [0.2, 0.25) is 0 Å². The first kappa shape index (κ1) is 28.0. The van der Waals surface area contributed by atoms with E-state index >= 15 is 0 Å². The number of nitro groups is 1. The molecule has 0 amide bonds. The van der Waals surface area contributed by atoms with E-state index in [2.05, 4.69) is 15.9 Å². The summed E-state index contributed by atoms with van der Waals surface area (Å²) >= 11 is 3.23. The first-order valence-electron chi connectivity index (χ1n) is 10.2. The van der Waals surface area contributed by atoms with Crippen LogP contribution in [0.25, 0.3) is 0 Å². The van der Waals surface area contributed by atoms with Crippen molar-refractivity contribution in [2.45, 2.75) is 63.7 Å². The number of rotatable bonds is 9. The van der Waals surface area contributed by atoms with Crippen LogP contribution in [0.3, 0.4) is 0 Å². The maximum absolute atomic E-state index is 11.9. The van der Waals surface area contributed by atoms with Crippen LogP contribution in [0.15, 0.2) is 18.2 Å². The highest BCUT2D eigenvalue weighted by molar-refractivity contribution is 9.08. The summed E-state index contributed by atoms with van der Waals surface area (Å²) in [6.07, 6.45) is -6.78. The molecule has 2 rings (SSSR count). The van der Waals surface area contributed by atoms with Gasteiger partial charge in [-0.3, -0.25) is 29.3 Å². The third-order valence-corrected chi connectivity index (χ3v) is 5.19. The summed E-state index contributed by atoms with van der Waals surface area (Å²) in [5.41, 5.74) is 0.181. The third-order valence-electron chi connectivity index (χ3n) is 4.59. The van der Waals surface area contributed by atoms with Crippen LogP contribution in [0, 0.1) is 10.1 Å². The van der Waals surface area contributed by atoms with Gasteiger partial charge in [0.25, 0.3) is 5.69 Å². The van der Waals surface area contributed by atoms with Gasteiger partial charge in [-0.2, -0.15) is 0 Å². The van der Waals surface area contributed by atoms with Crippen molar-refractivity contribution in [3.05, 3.63) is 33.9 Å². The first-order chi connectivity index (χ1) is 16.4. The molecule has 0 N–H and O–H groups in total. The van der Waals surface area contributed by atoms with Gasteiger partial charge in [-0.25, -0.2) is 0 Å². The number of ether oxygens (including phenoxy) is 6. The van der Waals surface area contributed by atoms with E-state index in [9.17, 15) is 29.3 Å². The number of halogens is 1. The molecule has 35 heavy (non-hydrogen) atoms. The molecule has 192 valence electrons. The molecule has 1 aliphatic heterocycles. The Bertz CT molecular complexity index is 983. The van der Waals surface area contributed by atoms with Gasteiger partial charge in [-0.1, -0.05) is 15.9 Å². The summed E-state index contributed by atoms with van der Waals surface area (Å²) in [4.78, 5) is 57.5. The van der Waals surface area contributed by atoms with E-state index in [1.807, 2.05) is 0 Å². The summed E-state index contributed by atoms with van der Waals surface area (Å²) in [5, 5.41) is 11.3. The minimum absolute atomic E-state index is 0.133. The van der Waals surface area contributed by atoms with E-state index in [1.165, 1.54) is 18.2 Å². The summed E-state index contributed by atoms with van der Waals surface area (Å²) in [6, 6.07) is 3.80. The number of hydrogen-bond acceptors (Lipinski definition) is 12. The number of benzene rings is 1. The van der Waals surface area contributed by atoms with Crippen LogP contribution >= 0.6 is 15.9 Å². The van der Waals surface area contributed by atoms with E-state index in [0.717, 1.165) is 27.7 Å². The van der Waals surface area contributed by atoms with Gasteiger partial charge in [0, 0.05) is 50.7 Å². The standard InChI is InChI=1S/C21H24BrNO12/c1-10(24)30-9-17-18(31-11(2)25)19(32-12(3)26)20(33-13(4)27)21(35-17)34-16-6-5-15(23(28)29)7-14(16)8-22/h5-7,17-21H,8-9H2,1-4H3/t17-,18-,19+,20-,21+/m1/s1. The number of nitrogens with zero attached hydrogens (tertiary/aromatic N) is 1. The predicted octanol–water partition coefficient (Wildman–Crippen LogP) is 1.95. The lowest BCUT2D eigenvalue weighted by atomic mass is 9.98. The van der Waals surface area contributed by atoms with Crippen LogP contribution in [-0.4, -0.2) is 66.1 Å². The van der Waals surface area contributed by atoms with Gasteiger partial charge in [0.2, 0.25) is 12.4 Å². The Morgan fingerprint density at radius 3 is 2.03 bits per heavy atom. The number of nitro benzene ring substituents is 1. The number of carbonyl (C=O) groups excluding carboxylic acids is 4. The number of hydrogen-bond donors (Lipinski definition) is 0. The molecule has 0 bridgehead atoms. The number of non-ortho nitro benzene ring substituents is 1. The Morgan fingerprint density at radius 2 is 1.51 bits per heavy atom. The summed E-state index contributed by atoms with van der Waals surface area (Å²) in [5.74, 6) is -2.85. The molecular weight excluding hydrogens is 538 g/mol. The lowest BCUT2D eigenvalue weighted by molar-refractivity contribution is -0.385. The molecule has 14 heteroatoms. The second-order valence-corrected chi connectivity index (χ2v) is 7.93. The van der Waals surface area contributed by atoms with Crippen LogP contribution in [-0.2, 0) is 48.2 Å². The molecule has 0 spiro atoms. The largest absolute Gasteiger partial charge is 0.463 e. The molecule has 1 heterocycles. The molecule has 13 nitrogen and oxygen atoms in total. The Balaban J connectivity index is 2.52. The number of esters is 4. The van der Waals surface area contributed by atoms with Gasteiger partial charge in [-0.05, 0) is 6.07 Å². The van der Waals surface area contributed by atoms with Crippen LogP contribution < -0.4 is 4.74 Å². The van der Waals surface area contributed by atoms with Crippen molar-refractivity contribution in [2.24, 2.45) is 0 Å². The van der Waals surface area contributed by atoms with E-state index in [1.54, 1.807) is 0 Å². The van der Waals surface area contributed by atoms with Crippen LogP contribution in [0.5, 0.6) is 5.75 Å². The van der Waals surface area contributed by atoms with Crippen molar-refractivity contribution < 1.29 is 52.5 Å². The van der Waals surface area contributed by atoms with Crippen molar-refractivity contribution >= 4 is 45.5 Å². The lowest BCUT2D eigenvalue weighted by Crippen LogP contribution is -2.63. The van der Waals surface area contributed by atoms with Crippen molar-refractivity contribution in [3.8, 4) is 5.75 Å². The predicted molar refractivity (Wildman–Crippen MR) is 118 cm³/mol. The Labute approximate surface area is 208 Å². The fourth-order valence-electron chi connectivity index (χ4n) is 3.31. The lowest BCUT2D eigenvalue weighted by Gasteiger charge is -2.44. The molecule has 1 fully saturated rings. The molecule has 0 unspecified atom stereocenters. The molecule has 1 saturated heterocycles. The topological polar surface area (TPSA) is 167 Å². The molecule has 1 aliphatic rings. The van der Waals surface area contributed by atoms with E-state index < -0.39 is 66.1 Å². The Hall–Kier alpha value is -3.26. The molecule has 0 aromatic heterocycles. The zero-order chi connectivity index (χ0) is 26.3. The second kappa shape index (κ2) is 12.4. The Kier molecular flexibility index (Phi) is 9.95. The van der Waals surface area contributed by atoms with Gasteiger partial charge in [0.15, 0.2) is 12.2 Å². The normalized spacial score (nSPS) is 23.5. The van der Waals surface area contributed by atoms with E-state index in [0.29, 0.717) is 5.56 Å². The highest BCUT2D eigenvalue weighted by Crippen LogP contribution is 2.33. The number of alkyl halides is 1. The molecule has 1 aromatic carbocycles. The maximum Gasteiger partial charge on any atom is 0.303 e. The van der Waals surface area contributed by atoms with E-state index in [-0.39, 0.29) is 16.8 Å². The number of carbonyl (C=O) groups is 4. The minimum Gasteiger partial charge on any atom is -0.463 e. The average molecular weight is 562 g/mol. The van der Waals surface area contributed by atoms with Gasteiger partial charge >= 0.3 is 23.9 Å². The zero-order valence-electron chi connectivity index (χ0n) is 19.3. The fourth-order valence-corrected chi connectivity index (χ4v) is 3.75. The molecule has 5 atom stereocenters. The van der Waals surface area contributed by atoms with Crippen molar-refractivity contribution in [3.63, 3.8) is 0 Å². The van der Waals surface area contributed by atoms with Crippen molar-refractivity contribution in [1.29, 1.82) is 0 Å². The van der Waals surface area contributed by atoms with Gasteiger partial charge in [0.1, 0.15) is 18.5 Å². The molecular formula is C21H24BrNO12. The summed E-state index contributed by atoms with van der Waals surface area (Å²) < 4.78 is 32.7. The van der Waals surface area contributed by atoms with Crippen molar-refractivity contribution in [1.82, 2.24) is 0 Å². The first-order valence-corrected chi connectivity index (χ1v) is 11.4. The van der Waals surface area contributed by atoms with Gasteiger partial charge < -0.3 is 28.4 Å². The second-order valence-electron chi connectivity index (χ2n) is 7.37. The monoisotopic (exact) mass is 561 g/mol. The molecule has 0 aliphatic carbocycles. The fraction of sp³-hybridized carbons (Fsp3) is 0.524. The highest BCUT2D eigenvalue weighted by Gasteiger charge is 2.53. The highest BCUT2D eigenvalue weighted by atomic mass is 79.9. The van der Waals surface area contributed by atoms with Crippen LogP contribution in [0.1, 0.15) is 33.3 Å². The molecule has 0 radical (unpaired) electrons.